The molecule has 4 rings (SSSR count). The molecule has 2 aromatic heterocycles. The van der Waals surface area contributed by atoms with Crippen LogP contribution >= 0.6 is 0 Å². The third-order valence-electron chi connectivity index (χ3n) is 3.93. The molecule has 4 nitrogen and oxygen atoms in total. The summed E-state index contributed by atoms with van der Waals surface area (Å²) >= 11 is 0. The summed E-state index contributed by atoms with van der Waals surface area (Å²) in [6.07, 6.45) is 4.30. The van der Waals surface area contributed by atoms with Gasteiger partial charge in [0.2, 0.25) is 0 Å². The molecule has 1 aromatic carbocycles. The summed E-state index contributed by atoms with van der Waals surface area (Å²) in [4.78, 5) is 4.40. The number of fused-ring (bicyclic) bond motifs is 1. The minimum absolute atomic E-state index is 0.558. The Balaban J connectivity index is 1.96. The minimum atomic E-state index is 0.558. The van der Waals surface area contributed by atoms with Crippen molar-refractivity contribution in [2.45, 2.75) is 25.3 Å². The zero-order valence-electron chi connectivity index (χ0n) is 11.1. The maximum atomic E-state index is 5.75. The lowest BCUT2D eigenvalue weighted by atomic mass is 9.99. The first-order valence-corrected chi connectivity index (χ1v) is 6.99. The van der Waals surface area contributed by atoms with Crippen molar-refractivity contribution < 1.29 is 0 Å². The Morgan fingerprint density at radius 3 is 2.95 bits per heavy atom. The molecular formula is C16H16N4. The molecule has 1 saturated carbocycles. The second-order valence-electron chi connectivity index (χ2n) is 5.37. The highest BCUT2D eigenvalue weighted by Gasteiger charge is 2.29. The van der Waals surface area contributed by atoms with Crippen LogP contribution in [0.5, 0.6) is 0 Å². The Morgan fingerprint density at radius 1 is 1.25 bits per heavy atom. The number of H-pyrrole nitrogens is 1. The van der Waals surface area contributed by atoms with Gasteiger partial charge in [0.1, 0.15) is 0 Å². The van der Waals surface area contributed by atoms with Gasteiger partial charge < -0.3 is 5.73 Å². The van der Waals surface area contributed by atoms with E-state index in [1.165, 1.54) is 35.0 Å². The van der Waals surface area contributed by atoms with E-state index in [2.05, 4.69) is 45.5 Å². The number of rotatable bonds is 3. The molecule has 0 aliphatic heterocycles. The number of nitrogens with one attached hydrogen (secondary N) is 1. The van der Waals surface area contributed by atoms with Gasteiger partial charge in [0, 0.05) is 18.7 Å². The molecule has 2 heterocycles. The SMILES string of the molecule is NCc1cccc(-c2ccnc3[nH]nc(C4CC4)c23)c1. The number of hydrogen-bond acceptors (Lipinski definition) is 3. The molecule has 1 fully saturated rings. The number of aromatic nitrogens is 3. The number of nitrogens with zero attached hydrogens (tertiary/aromatic N) is 2. The predicted octanol–water partition coefficient (Wildman–Crippen LogP) is 2.96. The smallest absolute Gasteiger partial charge is 0.155 e. The van der Waals surface area contributed by atoms with E-state index in [0.29, 0.717) is 12.5 Å². The van der Waals surface area contributed by atoms with E-state index < -0.39 is 0 Å². The van der Waals surface area contributed by atoms with Gasteiger partial charge >= 0.3 is 0 Å². The first-order valence-electron chi connectivity index (χ1n) is 6.99. The maximum absolute atomic E-state index is 5.75. The predicted molar refractivity (Wildman–Crippen MR) is 79.2 cm³/mol. The van der Waals surface area contributed by atoms with Crippen LogP contribution < -0.4 is 5.73 Å². The third kappa shape index (κ3) is 1.80. The summed E-state index contributed by atoms with van der Waals surface area (Å²) in [6, 6.07) is 10.5. The second kappa shape index (κ2) is 4.42. The standard InChI is InChI=1S/C16H16N4/c17-9-10-2-1-3-12(8-10)13-6-7-18-16-14(13)15(19-20-16)11-4-5-11/h1-3,6-8,11H,4-5,9,17H2,(H,18,19,20). The van der Waals surface area contributed by atoms with Crippen LogP contribution in [0.25, 0.3) is 22.2 Å². The molecule has 0 bridgehead atoms. The highest BCUT2D eigenvalue weighted by atomic mass is 15.2. The first kappa shape index (κ1) is 11.6. The molecule has 0 atom stereocenters. The van der Waals surface area contributed by atoms with E-state index in [1.54, 1.807) is 0 Å². The molecule has 1 aliphatic rings. The second-order valence-corrected chi connectivity index (χ2v) is 5.37. The Morgan fingerprint density at radius 2 is 2.15 bits per heavy atom. The van der Waals surface area contributed by atoms with Crippen LogP contribution in [0.4, 0.5) is 0 Å². The van der Waals surface area contributed by atoms with Crippen LogP contribution in [0.2, 0.25) is 0 Å². The number of aromatic amines is 1. The topological polar surface area (TPSA) is 67.6 Å². The average molecular weight is 264 g/mol. The number of benzene rings is 1. The van der Waals surface area contributed by atoms with Crippen LogP contribution in [0, 0.1) is 0 Å². The van der Waals surface area contributed by atoms with Gasteiger partial charge in [-0.1, -0.05) is 18.2 Å². The summed E-state index contributed by atoms with van der Waals surface area (Å²) in [6.45, 7) is 0.558. The van der Waals surface area contributed by atoms with Crippen molar-refractivity contribution in [2.75, 3.05) is 0 Å². The minimum Gasteiger partial charge on any atom is -0.326 e. The van der Waals surface area contributed by atoms with Crippen LogP contribution in [-0.2, 0) is 6.54 Å². The van der Waals surface area contributed by atoms with Crippen molar-refractivity contribution in [3.05, 3.63) is 47.8 Å². The van der Waals surface area contributed by atoms with Gasteiger partial charge in [-0.15, -0.1) is 0 Å². The van der Waals surface area contributed by atoms with E-state index in [4.69, 9.17) is 5.73 Å². The van der Waals surface area contributed by atoms with Gasteiger partial charge in [-0.25, -0.2) is 4.98 Å². The highest BCUT2D eigenvalue weighted by Crippen LogP contribution is 2.43. The number of pyridine rings is 1. The zero-order valence-corrected chi connectivity index (χ0v) is 11.1. The van der Waals surface area contributed by atoms with E-state index in [0.717, 1.165) is 11.2 Å². The van der Waals surface area contributed by atoms with Crippen LogP contribution in [-0.4, -0.2) is 15.2 Å². The first-order chi connectivity index (χ1) is 9.86. The lowest BCUT2D eigenvalue weighted by Crippen LogP contribution is -1.96. The third-order valence-corrected chi connectivity index (χ3v) is 3.93. The van der Waals surface area contributed by atoms with Crippen molar-refractivity contribution in [3.63, 3.8) is 0 Å². The summed E-state index contributed by atoms with van der Waals surface area (Å²) in [7, 11) is 0. The number of hydrogen-bond donors (Lipinski definition) is 2. The van der Waals surface area contributed by atoms with E-state index >= 15 is 0 Å². The summed E-state index contributed by atoms with van der Waals surface area (Å²) in [5, 5.41) is 8.71. The molecule has 3 aromatic rings. The fourth-order valence-electron chi connectivity index (χ4n) is 2.73. The van der Waals surface area contributed by atoms with Gasteiger partial charge in [0.15, 0.2) is 5.65 Å². The van der Waals surface area contributed by atoms with Gasteiger partial charge in [-0.05, 0) is 41.7 Å². The maximum Gasteiger partial charge on any atom is 0.155 e. The molecule has 0 radical (unpaired) electrons. The Labute approximate surface area is 117 Å². The molecule has 3 N–H and O–H groups in total. The molecule has 0 spiro atoms. The van der Waals surface area contributed by atoms with E-state index in [-0.39, 0.29) is 0 Å². The average Bonchev–Trinajstić information content (AvgIpc) is 3.26. The Bertz CT molecular complexity index is 771. The van der Waals surface area contributed by atoms with Gasteiger partial charge in [-0.3, -0.25) is 5.10 Å². The highest BCUT2D eigenvalue weighted by molar-refractivity contribution is 5.95. The fourth-order valence-corrected chi connectivity index (χ4v) is 2.73. The number of nitrogens with two attached hydrogens (primary N) is 1. The van der Waals surface area contributed by atoms with Crippen molar-refractivity contribution in [1.29, 1.82) is 0 Å². The summed E-state index contributed by atoms with van der Waals surface area (Å²) in [5.41, 5.74) is 11.3. The molecule has 0 amide bonds. The van der Waals surface area contributed by atoms with Crippen molar-refractivity contribution in [3.8, 4) is 11.1 Å². The molecule has 0 saturated heterocycles. The summed E-state index contributed by atoms with van der Waals surface area (Å²) < 4.78 is 0. The molecule has 100 valence electrons. The van der Waals surface area contributed by atoms with Crippen molar-refractivity contribution in [2.24, 2.45) is 5.73 Å². The zero-order chi connectivity index (χ0) is 13.5. The largest absolute Gasteiger partial charge is 0.326 e. The normalized spacial score (nSPS) is 14.8. The summed E-state index contributed by atoms with van der Waals surface area (Å²) in [5.74, 6) is 0.601. The van der Waals surface area contributed by atoms with Crippen molar-refractivity contribution >= 4 is 11.0 Å². The van der Waals surface area contributed by atoms with E-state index in [9.17, 15) is 0 Å². The van der Waals surface area contributed by atoms with Gasteiger partial charge in [-0.2, -0.15) is 5.10 Å². The van der Waals surface area contributed by atoms with Crippen LogP contribution in [0.3, 0.4) is 0 Å². The molecule has 20 heavy (non-hydrogen) atoms. The molecular weight excluding hydrogens is 248 g/mol. The quantitative estimate of drug-likeness (QED) is 0.764. The van der Waals surface area contributed by atoms with Crippen LogP contribution in [0.15, 0.2) is 36.5 Å². The lowest BCUT2D eigenvalue weighted by molar-refractivity contribution is 0.974. The lowest BCUT2D eigenvalue weighted by Gasteiger charge is -2.06. The van der Waals surface area contributed by atoms with Crippen LogP contribution in [0.1, 0.15) is 30.0 Å². The fraction of sp³-hybridized carbons (Fsp3) is 0.250. The Kier molecular flexibility index (Phi) is 2.57. The monoisotopic (exact) mass is 264 g/mol. The van der Waals surface area contributed by atoms with Crippen molar-refractivity contribution in [1.82, 2.24) is 15.2 Å². The molecule has 0 unspecified atom stereocenters. The van der Waals surface area contributed by atoms with E-state index in [1.807, 2.05) is 6.20 Å². The van der Waals surface area contributed by atoms with Gasteiger partial charge in [0.05, 0.1) is 11.1 Å². The molecule has 1 aliphatic carbocycles. The van der Waals surface area contributed by atoms with Gasteiger partial charge in [0.25, 0.3) is 0 Å². The Hall–Kier alpha value is -2.20. The molecule has 4 heteroatoms.